The number of ether oxygens (including phenoxy) is 1. The quantitative estimate of drug-likeness (QED) is 0.347. The lowest BCUT2D eigenvalue weighted by molar-refractivity contribution is 0.0911. The summed E-state index contributed by atoms with van der Waals surface area (Å²) in [6.07, 6.45) is -1.07. The van der Waals surface area contributed by atoms with Crippen molar-refractivity contribution in [2.24, 2.45) is 7.05 Å². The van der Waals surface area contributed by atoms with Crippen LogP contribution in [0.1, 0.15) is 31.0 Å². The molecule has 0 amide bonds. The topological polar surface area (TPSA) is 73.3 Å². The summed E-state index contributed by atoms with van der Waals surface area (Å²) in [6, 6.07) is 13.6. The minimum atomic E-state index is -1.32. The van der Waals surface area contributed by atoms with E-state index >= 15 is 0 Å². The van der Waals surface area contributed by atoms with Gasteiger partial charge in [-0.25, -0.2) is 9.37 Å². The van der Waals surface area contributed by atoms with Crippen LogP contribution in [-0.4, -0.2) is 32.8 Å². The molecule has 1 atom stereocenters. The minimum Gasteiger partial charge on any atom is -0.460 e. The van der Waals surface area contributed by atoms with Gasteiger partial charge in [-0.3, -0.25) is 4.68 Å². The van der Waals surface area contributed by atoms with Crippen molar-refractivity contribution >= 4 is 15.9 Å². The maximum atomic E-state index is 13.7. The van der Waals surface area contributed by atoms with Crippen LogP contribution in [0.15, 0.2) is 51.4 Å². The number of halogens is 2. The van der Waals surface area contributed by atoms with Crippen LogP contribution in [0.4, 0.5) is 4.39 Å². The summed E-state index contributed by atoms with van der Waals surface area (Å²) < 4.78 is 27.8. The number of hydrogen-bond acceptors (Lipinski definition) is 5. The number of hydrogen-bond donors (Lipinski definition) is 1. The monoisotopic (exact) mass is 525 g/mol. The molecule has 3 heterocycles. The van der Waals surface area contributed by atoms with Crippen LogP contribution >= 0.6 is 15.9 Å². The predicted octanol–water partition coefficient (Wildman–Crippen LogP) is 5.98. The third kappa shape index (κ3) is 3.95. The van der Waals surface area contributed by atoms with Gasteiger partial charge in [0.1, 0.15) is 11.4 Å². The minimum absolute atomic E-state index is 0.0105. The molecule has 5 rings (SSSR count). The Labute approximate surface area is 205 Å². The number of aryl methyl sites for hydroxylation is 2. The van der Waals surface area contributed by atoms with Crippen LogP contribution in [0.3, 0.4) is 0 Å². The van der Waals surface area contributed by atoms with Gasteiger partial charge in [-0.1, -0.05) is 48.0 Å². The Morgan fingerprint density at radius 3 is 2.74 bits per heavy atom. The molecule has 0 fully saturated rings. The standard InChI is InChI=1S/C26H25BrFN3O3/c1-14-29-24(25(33-14)16-6-5-15-10-23(28)34-21(15)9-16)19-11-17(27)7-8-18(19)20-12-22(30-31(20)4)26(2,3)13-32/h5-9,11-12,23,32H,10,13H2,1-4H3. The van der Waals surface area contributed by atoms with E-state index in [2.05, 4.69) is 21.0 Å². The smallest absolute Gasteiger partial charge is 0.242 e. The maximum Gasteiger partial charge on any atom is 0.242 e. The summed E-state index contributed by atoms with van der Waals surface area (Å²) in [5.74, 6) is 1.64. The molecule has 34 heavy (non-hydrogen) atoms. The Balaban J connectivity index is 1.67. The number of aromatic nitrogens is 3. The van der Waals surface area contributed by atoms with Crippen LogP contribution in [0, 0.1) is 6.92 Å². The highest BCUT2D eigenvalue weighted by Gasteiger charge is 2.27. The van der Waals surface area contributed by atoms with Gasteiger partial charge >= 0.3 is 0 Å². The van der Waals surface area contributed by atoms with Gasteiger partial charge in [0, 0.05) is 52.5 Å². The number of aliphatic hydroxyl groups excluding tert-OH is 1. The fourth-order valence-corrected chi connectivity index (χ4v) is 4.56. The van der Waals surface area contributed by atoms with Crippen molar-refractivity contribution in [2.75, 3.05) is 6.61 Å². The second-order valence-electron chi connectivity index (χ2n) is 9.24. The van der Waals surface area contributed by atoms with Gasteiger partial charge in [-0.2, -0.15) is 5.10 Å². The zero-order valence-electron chi connectivity index (χ0n) is 19.4. The van der Waals surface area contributed by atoms with Crippen LogP contribution in [-0.2, 0) is 18.9 Å². The second-order valence-corrected chi connectivity index (χ2v) is 10.2. The molecule has 0 saturated carbocycles. The first kappa shape index (κ1) is 22.8. The van der Waals surface area contributed by atoms with Crippen LogP contribution in [0.2, 0.25) is 0 Å². The summed E-state index contributed by atoms with van der Waals surface area (Å²) >= 11 is 3.59. The van der Waals surface area contributed by atoms with Crippen LogP contribution in [0.5, 0.6) is 5.75 Å². The summed E-state index contributed by atoms with van der Waals surface area (Å²) in [5, 5.41) is 14.5. The van der Waals surface area contributed by atoms with Crippen molar-refractivity contribution in [3.8, 4) is 39.6 Å². The molecule has 0 aliphatic carbocycles. The first-order chi connectivity index (χ1) is 16.2. The third-order valence-corrected chi connectivity index (χ3v) is 6.67. The fourth-order valence-electron chi connectivity index (χ4n) is 4.20. The molecular weight excluding hydrogens is 501 g/mol. The maximum absolute atomic E-state index is 13.7. The molecule has 2 aromatic heterocycles. The van der Waals surface area contributed by atoms with Crippen LogP contribution < -0.4 is 4.74 Å². The molecule has 1 aliphatic heterocycles. The molecule has 2 aromatic carbocycles. The normalized spacial score (nSPS) is 15.4. The lowest BCUT2D eigenvalue weighted by Crippen LogP contribution is -2.22. The van der Waals surface area contributed by atoms with Crippen molar-refractivity contribution in [3.63, 3.8) is 0 Å². The molecule has 6 nitrogen and oxygen atoms in total. The van der Waals surface area contributed by atoms with E-state index in [1.165, 1.54) is 0 Å². The first-order valence-corrected chi connectivity index (χ1v) is 11.8. The van der Waals surface area contributed by atoms with Crippen molar-refractivity contribution in [1.29, 1.82) is 0 Å². The summed E-state index contributed by atoms with van der Waals surface area (Å²) in [6.45, 7) is 5.71. The highest BCUT2D eigenvalue weighted by Crippen LogP contribution is 2.42. The zero-order chi connectivity index (χ0) is 24.2. The lowest BCUT2D eigenvalue weighted by Gasteiger charge is -2.18. The van der Waals surface area contributed by atoms with E-state index in [0.29, 0.717) is 23.1 Å². The van der Waals surface area contributed by atoms with Crippen molar-refractivity contribution in [2.45, 2.75) is 39.0 Å². The fraction of sp³-hybridized carbons (Fsp3) is 0.308. The largest absolute Gasteiger partial charge is 0.460 e. The highest BCUT2D eigenvalue weighted by atomic mass is 79.9. The first-order valence-electron chi connectivity index (χ1n) is 11.0. The average molecular weight is 526 g/mol. The summed E-state index contributed by atoms with van der Waals surface area (Å²) in [5.41, 5.74) is 5.29. The Morgan fingerprint density at radius 2 is 1.97 bits per heavy atom. The number of rotatable bonds is 5. The van der Waals surface area contributed by atoms with Gasteiger partial charge in [0.25, 0.3) is 0 Å². The molecule has 176 valence electrons. The average Bonchev–Trinajstić information content (AvgIpc) is 3.48. The number of fused-ring (bicyclic) bond motifs is 1. The molecule has 1 N–H and O–H groups in total. The molecule has 0 saturated heterocycles. The van der Waals surface area contributed by atoms with Crippen molar-refractivity contribution in [3.05, 3.63) is 64.1 Å². The van der Waals surface area contributed by atoms with E-state index in [1.807, 2.05) is 68.0 Å². The number of nitrogens with zero attached hydrogens (tertiary/aromatic N) is 3. The third-order valence-electron chi connectivity index (χ3n) is 6.18. The Hall–Kier alpha value is -2.97. The van der Waals surface area contributed by atoms with Gasteiger partial charge in [0.15, 0.2) is 11.7 Å². The molecule has 0 radical (unpaired) electrons. The lowest BCUT2D eigenvalue weighted by atomic mass is 9.89. The summed E-state index contributed by atoms with van der Waals surface area (Å²) in [7, 11) is 1.89. The Morgan fingerprint density at radius 1 is 1.18 bits per heavy atom. The molecular formula is C26H25BrFN3O3. The SMILES string of the molecule is Cc1nc(-c2cc(Br)ccc2-c2cc(C(C)(C)CO)nn2C)c(-c2ccc3c(c2)OC(F)C3)o1. The van der Waals surface area contributed by atoms with Gasteiger partial charge in [0.05, 0.1) is 18.0 Å². The Bertz CT molecular complexity index is 1390. The highest BCUT2D eigenvalue weighted by molar-refractivity contribution is 9.10. The van der Waals surface area contributed by atoms with E-state index in [0.717, 1.165) is 38.1 Å². The zero-order valence-corrected chi connectivity index (χ0v) is 21.0. The van der Waals surface area contributed by atoms with E-state index < -0.39 is 11.8 Å². The number of benzene rings is 2. The molecule has 1 aliphatic rings. The van der Waals surface area contributed by atoms with E-state index in [-0.39, 0.29) is 13.0 Å². The second kappa shape index (κ2) is 8.36. The van der Waals surface area contributed by atoms with E-state index in [4.69, 9.17) is 14.1 Å². The molecule has 1 unspecified atom stereocenters. The van der Waals surface area contributed by atoms with E-state index in [1.54, 1.807) is 6.92 Å². The number of oxazole rings is 1. The van der Waals surface area contributed by atoms with Gasteiger partial charge in [-0.05, 0) is 24.3 Å². The van der Waals surface area contributed by atoms with Gasteiger partial charge in [-0.15, -0.1) is 0 Å². The molecule has 4 aromatic rings. The van der Waals surface area contributed by atoms with Crippen molar-refractivity contribution < 1.29 is 18.7 Å². The van der Waals surface area contributed by atoms with Gasteiger partial charge in [0.2, 0.25) is 6.36 Å². The van der Waals surface area contributed by atoms with Gasteiger partial charge < -0.3 is 14.3 Å². The van der Waals surface area contributed by atoms with E-state index in [9.17, 15) is 9.50 Å². The Kier molecular flexibility index (Phi) is 5.61. The van der Waals surface area contributed by atoms with Crippen molar-refractivity contribution in [1.82, 2.24) is 14.8 Å². The predicted molar refractivity (Wildman–Crippen MR) is 131 cm³/mol. The summed E-state index contributed by atoms with van der Waals surface area (Å²) in [4.78, 5) is 4.72. The number of aliphatic hydroxyl groups is 1. The van der Waals surface area contributed by atoms with Crippen LogP contribution in [0.25, 0.3) is 33.8 Å². The molecule has 0 spiro atoms. The number of alkyl halides is 1. The molecule has 0 bridgehead atoms. The molecule has 8 heteroatoms.